The zero-order chi connectivity index (χ0) is 7.19. The quantitative estimate of drug-likeness (QED) is 0.377. The first-order chi connectivity index (χ1) is 5.97. The van der Waals surface area contributed by atoms with Gasteiger partial charge in [0.2, 0.25) is 0 Å². The average Bonchev–Trinajstić information content (AvgIpc) is 2.73. The highest BCUT2D eigenvalue weighted by molar-refractivity contribution is 5.36. The van der Waals surface area contributed by atoms with Crippen molar-refractivity contribution in [3.05, 3.63) is 0 Å². The van der Waals surface area contributed by atoms with Crippen molar-refractivity contribution in [3.63, 3.8) is 0 Å². The van der Waals surface area contributed by atoms with E-state index in [2.05, 4.69) is 0 Å². The molecule has 2 nitrogen and oxygen atoms in total. The Balaban J connectivity index is 1.67. The molecule has 2 aliphatic heterocycles. The van der Waals surface area contributed by atoms with Crippen LogP contribution in [0.15, 0.2) is 0 Å². The predicted molar refractivity (Wildman–Crippen MR) is 38.3 cm³/mol. The number of fused-ring (bicyclic) bond motifs is 8. The van der Waals surface area contributed by atoms with E-state index in [1.165, 1.54) is 0 Å². The molecule has 6 rings (SSSR count). The first kappa shape index (κ1) is 4.97. The van der Waals surface area contributed by atoms with E-state index in [4.69, 9.17) is 9.47 Å². The molecule has 0 radical (unpaired) electrons. The maximum Gasteiger partial charge on any atom is 0.0879 e. The van der Waals surface area contributed by atoms with Crippen LogP contribution in [0.1, 0.15) is 0 Å². The zero-order valence-corrected chi connectivity index (χ0v) is 6.59. The van der Waals surface area contributed by atoms with Gasteiger partial charge in [-0.2, -0.15) is 0 Å². The number of epoxide rings is 2. The van der Waals surface area contributed by atoms with Crippen LogP contribution in [0.5, 0.6) is 0 Å². The van der Waals surface area contributed by atoms with E-state index in [0.717, 1.165) is 35.5 Å². The maximum atomic E-state index is 5.73. The largest absolute Gasteiger partial charge is 0.369 e. The van der Waals surface area contributed by atoms with Crippen LogP contribution in [0.4, 0.5) is 0 Å². The van der Waals surface area contributed by atoms with Gasteiger partial charge in [0.1, 0.15) is 0 Å². The molecule has 0 aromatic carbocycles. The monoisotopic (exact) mass is 162 g/mol. The molecule has 0 aromatic heterocycles. The third kappa shape index (κ3) is 0.252. The first-order valence-electron chi connectivity index (χ1n) is 5.28. The summed E-state index contributed by atoms with van der Waals surface area (Å²) in [5, 5.41) is 0. The summed E-state index contributed by atoms with van der Waals surface area (Å²) in [6, 6.07) is 0. The van der Waals surface area contributed by atoms with Gasteiger partial charge in [-0.3, -0.25) is 0 Å². The molecule has 0 bridgehead atoms. The molecule has 2 saturated heterocycles. The summed E-state index contributed by atoms with van der Waals surface area (Å²) in [4.78, 5) is 0. The molecule has 62 valence electrons. The molecular formula is C10H10O2. The molecule has 0 amide bonds. The van der Waals surface area contributed by atoms with E-state index in [-0.39, 0.29) is 0 Å². The highest BCUT2D eigenvalue weighted by atomic mass is 16.6. The van der Waals surface area contributed by atoms with Crippen LogP contribution in [-0.2, 0) is 9.47 Å². The van der Waals surface area contributed by atoms with Crippen molar-refractivity contribution in [3.8, 4) is 0 Å². The molecule has 4 aliphatic carbocycles. The van der Waals surface area contributed by atoms with Gasteiger partial charge >= 0.3 is 0 Å². The van der Waals surface area contributed by atoms with Crippen LogP contribution < -0.4 is 0 Å². The van der Waals surface area contributed by atoms with Gasteiger partial charge in [-0.15, -0.1) is 0 Å². The molecule has 2 unspecified atom stereocenters. The minimum absolute atomic E-state index is 0.705. The van der Waals surface area contributed by atoms with Crippen molar-refractivity contribution in [1.29, 1.82) is 0 Å². The Labute approximate surface area is 70.2 Å². The standard InChI is InChI=1S/C10H10O2/c11-7-3-1-2-5(3)9-10(12-9)6(2)4(1)8(7)11/h1-10H/t1?,2?,3-,4-,5-,6+,7-,8+,9+,10+/m1/s1. The summed E-state index contributed by atoms with van der Waals surface area (Å²) in [6.07, 6.45) is 2.82. The Kier molecular flexibility index (Phi) is 0.436. The fraction of sp³-hybridized carbons (Fsp3) is 1.00. The summed E-state index contributed by atoms with van der Waals surface area (Å²) in [5.41, 5.74) is 0. The van der Waals surface area contributed by atoms with Gasteiger partial charge in [0.15, 0.2) is 0 Å². The second-order valence-electron chi connectivity index (χ2n) is 5.59. The van der Waals surface area contributed by atoms with E-state index in [0.29, 0.717) is 24.4 Å². The number of hydrogen-bond donors (Lipinski definition) is 0. The Bertz CT molecular complexity index is 268. The molecule has 4 saturated carbocycles. The number of rotatable bonds is 0. The van der Waals surface area contributed by atoms with E-state index >= 15 is 0 Å². The Morgan fingerprint density at radius 3 is 1.08 bits per heavy atom. The summed E-state index contributed by atoms with van der Waals surface area (Å²) in [6.45, 7) is 0. The van der Waals surface area contributed by atoms with Crippen molar-refractivity contribution in [2.75, 3.05) is 0 Å². The van der Waals surface area contributed by atoms with Gasteiger partial charge in [-0.05, 0) is 35.5 Å². The molecule has 6 aliphatic rings. The summed E-state index contributed by atoms with van der Waals surface area (Å²) in [7, 11) is 0. The lowest BCUT2D eigenvalue weighted by Gasteiger charge is -2.61. The molecular weight excluding hydrogens is 152 g/mol. The van der Waals surface area contributed by atoms with Crippen molar-refractivity contribution >= 4 is 0 Å². The molecule has 6 fully saturated rings. The second kappa shape index (κ2) is 1.05. The van der Waals surface area contributed by atoms with Crippen LogP contribution >= 0.6 is 0 Å². The van der Waals surface area contributed by atoms with E-state index in [9.17, 15) is 0 Å². The van der Waals surface area contributed by atoms with Crippen molar-refractivity contribution < 1.29 is 9.47 Å². The van der Waals surface area contributed by atoms with Crippen molar-refractivity contribution in [2.24, 2.45) is 35.5 Å². The average molecular weight is 162 g/mol. The minimum atomic E-state index is 0.705. The van der Waals surface area contributed by atoms with Crippen LogP contribution in [0.2, 0.25) is 0 Å². The molecule has 12 heavy (non-hydrogen) atoms. The molecule has 10 atom stereocenters. The van der Waals surface area contributed by atoms with Gasteiger partial charge in [0.25, 0.3) is 0 Å². The van der Waals surface area contributed by atoms with Gasteiger partial charge in [-0.25, -0.2) is 0 Å². The van der Waals surface area contributed by atoms with E-state index in [1.807, 2.05) is 0 Å². The lowest BCUT2D eigenvalue weighted by molar-refractivity contribution is -0.204. The Morgan fingerprint density at radius 1 is 0.417 bits per heavy atom. The zero-order valence-electron chi connectivity index (χ0n) is 6.59. The molecule has 2 heteroatoms. The van der Waals surface area contributed by atoms with Gasteiger partial charge in [0.05, 0.1) is 24.4 Å². The Morgan fingerprint density at radius 2 is 0.750 bits per heavy atom. The topological polar surface area (TPSA) is 25.1 Å². The highest BCUT2D eigenvalue weighted by Crippen LogP contribution is 2.84. The lowest BCUT2D eigenvalue weighted by atomic mass is 9.44. The molecule has 0 spiro atoms. The maximum absolute atomic E-state index is 5.73. The molecule has 0 aromatic rings. The molecule has 0 N–H and O–H groups in total. The minimum Gasteiger partial charge on any atom is -0.369 e. The van der Waals surface area contributed by atoms with Crippen LogP contribution in [0.25, 0.3) is 0 Å². The smallest absolute Gasteiger partial charge is 0.0879 e. The summed E-state index contributed by atoms with van der Waals surface area (Å²) in [5.74, 6) is 6.05. The fourth-order valence-corrected chi connectivity index (χ4v) is 5.54. The number of ether oxygens (including phenoxy) is 2. The number of hydrogen-bond acceptors (Lipinski definition) is 2. The Hall–Kier alpha value is -0.0800. The van der Waals surface area contributed by atoms with Crippen molar-refractivity contribution in [2.45, 2.75) is 24.4 Å². The van der Waals surface area contributed by atoms with E-state index < -0.39 is 0 Å². The van der Waals surface area contributed by atoms with E-state index in [1.54, 1.807) is 0 Å². The van der Waals surface area contributed by atoms with Crippen LogP contribution in [-0.4, -0.2) is 24.4 Å². The van der Waals surface area contributed by atoms with Gasteiger partial charge in [0, 0.05) is 0 Å². The SMILES string of the molecule is O1[C@@H]2[C@@H]1[C@@H]1C3C4[C@@H]([C@@H]5O[C@@H]5[C@H]41)[C@H]32. The highest BCUT2D eigenvalue weighted by Gasteiger charge is 2.89. The summed E-state index contributed by atoms with van der Waals surface area (Å²) < 4.78 is 11.5. The van der Waals surface area contributed by atoms with Crippen LogP contribution in [0.3, 0.4) is 0 Å². The van der Waals surface area contributed by atoms with Crippen molar-refractivity contribution in [1.82, 2.24) is 0 Å². The third-order valence-corrected chi connectivity index (χ3v) is 5.75. The normalized spacial score (nSPS) is 94.0. The van der Waals surface area contributed by atoms with Crippen LogP contribution in [0, 0.1) is 35.5 Å². The lowest BCUT2D eigenvalue weighted by Crippen LogP contribution is -2.62. The second-order valence-corrected chi connectivity index (χ2v) is 5.59. The first-order valence-corrected chi connectivity index (χ1v) is 5.28. The summed E-state index contributed by atoms with van der Waals surface area (Å²) >= 11 is 0. The van der Waals surface area contributed by atoms with Gasteiger partial charge < -0.3 is 9.47 Å². The van der Waals surface area contributed by atoms with Gasteiger partial charge in [-0.1, -0.05) is 0 Å². The fourth-order valence-electron chi connectivity index (χ4n) is 5.54. The molecule has 2 heterocycles. The predicted octanol–water partition coefficient (Wildman–Crippen LogP) is 0.273. The third-order valence-electron chi connectivity index (χ3n) is 5.75.